The Labute approximate surface area is 129 Å². The Morgan fingerprint density at radius 2 is 1.59 bits per heavy atom. The van der Waals surface area contributed by atoms with Gasteiger partial charge in [-0.05, 0) is 51.4 Å². The molecule has 3 aromatic carbocycles. The highest BCUT2D eigenvalue weighted by molar-refractivity contribution is 5.93. The van der Waals surface area contributed by atoms with Gasteiger partial charge in [0, 0.05) is 0 Å². The van der Waals surface area contributed by atoms with E-state index in [2.05, 4.69) is 24.3 Å². The monoisotopic (exact) mass is 290 g/mol. The zero-order chi connectivity index (χ0) is 15.1. The average molecular weight is 290 g/mol. The van der Waals surface area contributed by atoms with Crippen molar-refractivity contribution in [2.45, 2.75) is 25.6 Å². The molecule has 0 aromatic heterocycles. The van der Waals surface area contributed by atoms with Gasteiger partial charge in [-0.3, -0.25) is 0 Å². The summed E-state index contributed by atoms with van der Waals surface area (Å²) >= 11 is 0. The van der Waals surface area contributed by atoms with Crippen LogP contribution in [0.25, 0.3) is 10.8 Å². The third-order valence-electron chi connectivity index (χ3n) is 4.73. The minimum Gasteiger partial charge on any atom is -0.392 e. The topological polar surface area (TPSA) is 40.5 Å². The first-order valence-electron chi connectivity index (χ1n) is 7.69. The number of benzene rings is 3. The highest BCUT2D eigenvalue weighted by Gasteiger charge is 2.21. The summed E-state index contributed by atoms with van der Waals surface area (Å²) in [5.74, 6) is 0. The van der Waals surface area contributed by atoms with E-state index in [1.54, 1.807) is 0 Å². The van der Waals surface area contributed by atoms with E-state index in [4.69, 9.17) is 0 Å². The lowest BCUT2D eigenvalue weighted by atomic mass is 9.91. The summed E-state index contributed by atoms with van der Waals surface area (Å²) < 4.78 is 0. The molecule has 1 unspecified atom stereocenters. The normalized spacial score (nSPS) is 14.5. The maximum Gasteiger partial charge on any atom is 0.105 e. The van der Waals surface area contributed by atoms with Gasteiger partial charge in [-0.15, -0.1) is 0 Å². The van der Waals surface area contributed by atoms with E-state index in [0.717, 1.165) is 34.9 Å². The molecule has 1 aliphatic carbocycles. The maximum atomic E-state index is 10.9. The average Bonchev–Trinajstić information content (AvgIpc) is 3.00. The summed E-state index contributed by atoms with van der Waals surface area (Å²) in [5.41, 5.74) is 5.22. The third kappa shape index (κ3) is 1.96. The van der Waals surface area contributed by atoms with Crippen molar-refractivity contribution in [1.82, 2.24) is 0 Å². The molecule has 22 heavy (non-hydrogen) atoms. The molecule has 1 atom stereocenters. The zero-order valence-corrected chi connectivity index (χ0v) is 12.3. The van der Waals surface area contributed by atoms with Crippen molar-refractivity contribution in [3.8, 4) is 0 Å². The second-order valence-electron chi connectivity index (χ2n) is 5.91. The lowest BCUT2D eigenvalue weighted by Gasteiger charge is -2.18. The van der Waals surface area contributed by atoms with Gasteiger partial charge in [0.15, 0.2) is 0 Å². The van der Waals surface area contributed by atoms with Crippen LogP contribution in [0.3, 0.4) is 0 Å². The van der Waals surface area contributed by atoms with E-state index in [-0.39, 0.29) is 6.61 Å². The van der Waals surface area contributed by atoms with Gasteiger partial charge in [-0.1, -0.05) is 54.6 Å². The van der Waals surface area contributed by atoms with Gasteiger partial charge in [0.25, 0.3) is 0 Å². The van der Waals surface area contributed by atoms with Crippen LogP contribution in [-0.2, 0) is 19.4 Å². The number of aliphatic hydroxyl groups is 2. The Balaban J connectivity index is 1.92. The minimum atomic E-state index is -0.715. The summed E-state index contributed by atoms with van der Waals surface area (Å²) in [4.78, 5) is 0. The number of hydrogen-bond acceptors (Lipinski definition) is 2. The summed E-state index contributed by atoms with van der Waals surface area (Å²) in [6.07, 6.45) is 1.45. The summed E-state index contributed by atoms with van der Waals surface area (Å²) in [5, 5.41) is 22.8. The van der Waals surface area contributed by atoms with Gasteiger partial charge >= 0.3 is 0 Å². The molecule has 0 amide bonds. The van der Waals surface area contributed by atoms with Gasteiger partial charge in [-0.25, -0.2) is 0 Å². The maximum absolute atomic E-state index is 10.9. The molecule has 0 heterocycles. The van der Waals surface area contributed by atoms with Gasteiger partial charge in [0.1, 0.15) is 6.10 Å². The molecule has 2 heteroatoms. The van der Waals surface area contributed by atoms with Gasteiger partial charge in [0.2, 0.25) is 0 Å². The number of aryl methyl sites for hydroxylation is 2. The molecule has 1 aliphatic rings. The lowest BCUT2D eigenvalue weighted by molar-refractivity contribution is 0.214. The highest BCUT2D eigenvalue weighted by Crippen LogP contribution is 2.37. The van der Waals surface area contributed by atoms with Crippen molar-refractivity contribution in [3.05, 3.63) is 82.4 Å². The van der Waals surface area contributed by atoms with Crippen molar-refractivity contribution in [2.75, 3.05) is 0 Å². The fourth-order valence-electron chi connectivity index (χ4n) is 3.62. The molecule has 2 nitrogen and oxygen atoms in total. The van der Waals surface area contributed by atoms with E-state index < -0.39 is 6.10 Å². The number of hydrogen-bond donors (Lipinski definition) is 2. The van der Waals surface area contributed by atoms with Crippen molar-refractivity contribution in [2.24, 2.45) is 0 Å². The molecule has 110 valence electrons. The summed E-state index contributed by atoms with van der Waals surface area (Å²) in [7, 11) is 0. The molecule has 2 N–H and O–H groups in total. The van der Waals surface area contributed by atoms with Crippen LogP contribution < -0.4 is 0 Å². The summed E-state index contributed by atoms with van der Waals surface area (Å²) in [6, 6.07) is 18.0. The number of aliphatic hydroxyl groups excluding tert-OH is 2. The van der Waals surface area contributed by atoms with Gasteiger partial charge in [-0.2, -0.15) is 0 Å². The van der Waals surface area contributed by atoms with Gasteiger partial charge in [0.05, 0.1) is 6.61 Å². The molecule has 0 spiro atoms. The largest absolute Gasteiger partial charge is 0.392 e. The van der Waals surface area contributed by atoms with Gasteiger partial charge < -0.3 is 10.2 Å². The second-order valence-corrected chi connectivity index (χ2v) is 5.91. The standard InChI is InChI=1S/C20H18O2/c21-12-15-4-1-2-6-16(15)20(22)18-11-10-14-9-8-13-5-3-7-17(18)19(13)14/h1-7,10-11,20-22H,8-9,12H2. The van der Waals surface area contributed by atoms with Crippen LogP contribution in [0, 0.1) is 0 Å². The molecular formula is C20H18O2. The molecule has 3 aromatic rings. The van der Waals surface area contributed by atoms with E-state index in [1.165, 1.54) is 16.5 Å². The fraction of sp³-hybridized carbons (Fsp3) is 0.200. The molecule has 4 rings (SSSR count). The van der Waals surface area contributed by atoms with Crippen LogP contribution in [0.15, 0.2) is 54.6 Å². The Morgan fingerprint density at radius 3 is 2.41 bits per heavy atom. The first-order valence-corrected chi connectivity index (χ1v) is 7.69. The van der Waals surface area contributed by atoms with Crippen LogP contribution in [-0.4, -0.2) is 10.2 Å². The molecule has 0 bridgehead atoms. The predicted octanol–water partition coefficient (Wildman–Crippen LogP) is 3.51. The molecule has 0 fully saturated rings. The Bertz CT molecular complexity index is 841. The first-order chi connectivity index (χ1) is 10.8. The van der Waals surface area contributed by atoms with Crippen molar-refractivity contribution >= 4 is 10.8 Å². The van der Waals surface area contributed by atoms with Crippen LogP contribution in [0.5, 0.6) is 0 Å². The van der Waals surface area contributed by atoms with Crippen molar-refractivity contribution in [1.29, 1.82) is 0 Å². The smallest absolute Gasteiger partial charge is 0.105 e. The SMILES string of the molecule is OCc1ccccc1C(O)c1ccc2c3c(cccc13)CC2. The van der Waals surface area contributed by atoms with Crippen LogP contribution >= 0.6 is 0 Å². The Morgan fingerprint density at radius 1 is 0.818 bits per heavy atom. The summed E-state index contributed by atoms with van der Waals surface area (Å²) in [6.45, 7) is -0.0610. The van der Waals surface area contributed by atoms with Crippen molar-refractivity contribution in [3.63, 3.8) is 0 Å². The number of rotatable bonds is 3. The molecule has 0 saturated heterocycles. The minimum absolute atomic E-state index is 0.0610. The quantitative estimate of drug-likeness (QED) is 0.775. The Kier molecular flexibility index (Phi) is 3.21. The second kappa shape index (κ2) is 5.24. The van der Waals surface area contributed by atoms with E-state index >= 15 is 0 Å². The predicted molar refractivity (Wildman–Crippen MR) is 87.8 cm³/mol. The molecular weight excluding hydrogens is 272 g/mol. The van der Waals surface area contributed by atoms with Crippen LogP contribution in [0.2, 0.25) is 0 Å². The highest BCUT2D eigenvalue weighted by atomic mass is 16.3. The first kappa shape index (κ1) is 13.5. The van der Waals surface area contributed by atoms with E-state index in [1.807, 2.05) is 30.3 Å². The van der Waals surface area contributed by atoms with Crippen LogP contribution in [0.4, 0.5) is 0 Å². The van der Waals surface area contributed by atoms with E-state index in [9.17, 15) is 10.2 Å². The van der Waals surface area contributed by atoms with Crippen molar-refractivity contribution < 1.29 is 10.2 Å². The van der Waals surface area contributed by atoms with Crippen LogP contribution in [0.1, 0.15) is 33.9 Å². The molecule has 0 aliphatic heterocycles. The fourth-order valence-corrected chi connectivity index (χ4v) is 3.62. The molecule has 0 saturated carbocycles. The van der Waals surface area contributed by atoms with E-state index in [0.29, 0.717) is 0 Å². The zero-order valence-electron chi connectivity index (χ0n) is 12.3. The Hall–Kier alpha value is -2.16. The third-order valence-corrected chi connectivity index (χ3v) is 4.73. The lowest BCUT2D eigenvalue weighted by Crippen LogP contribution is -2.05. The molecule has 0 radical (unpaired) electrons.